The molecule has 0 atom stereocenters. The van der Waals surface area contributed by atoms with Gasteiger partial charge in [-0.3, -0.25) is 0 Å². The maximum absolute atomic E-state index is 11.6. The van der Waals surface area contributed by atoms with Crippen LogP contribution in [0.15, 0.2) is 63.8 Å². The highest BCUT2D eigenvalue weighted by molar-refractivity contribution is 5.94. The predicted octanol–water partition coefficient (Wildman–Crippen LogP) is 3.33. The number of fused-ring (bicyclic) bond motifs is 1. The highest BCUT2D eigenvalue weighted by Crippen LogP contribution is 2.29. The lowest BCUT2D eigenvalue weighted by Crippen LogP contribution is -1.98. The summed E-state index contributed by atoms with van der Waals surface area (Å²) in [6.07, 6.45) is 0. The minimum Gasteiger partial charge on any atom is -0.423 e. The van der Waals surface area contributed by atoms with Crippen molar-refractivity contribution in [3.05, 3.63) is 70.6 Å². The fourth-order valence-electron chi connectivity index (χ4n) is 2.15. The van der Waals surface area contributed by atoms with Crippen LogP contribution < -0.4 is 5.63 Å². The van der Waals surface area contributed by atoms with Gasteiger partial charge in [0.15, 0.2) is 0 Å². The van der Waals surface area contributed by atoms with E-state index in [4.69, 9.17) is 9.68 Å². The fraction of sp³-hybridized carbons (Fsp3) is 0. The van der Waals surface area contributed by atoms with Crippen LogP contribution in [0.1, 0.15) is 5.56 Å². The normalized spacial score (nSPS) is 10.3. The van der Waals surface area contributed by atoms with Gasteiger partial charge in [0.1, 0.15) is 5.58 Å². The predicted molar refractivity (Wildman–Crippen MR) is 72.6 cm³/mol. The van der Waals surface area contributed by atoms with E-state index in [0.717, 1.165) is 16.5 Å². The van der Waals surface area contributed by atoms with Crippen molar-refractivity contribution in [1.29, 1.82) is 5.26 Å². The van der Waals surface area contributed by atoms with Gasteiger partial charge in [0.25, 0.3) is 0 Å². The summed E-state index contributed by atoms with van der Waals surface area (Å²) in [7, 11) is 0. The summed E-state index contributed by atoms with van der Waals surface area (Å²) < 4.78 is 5.16. The molecule has 0 aliphatic carbocycles. The van der Waals surface area contributed by atoms with Gasteiger partial charge in [-0.2, -0.15) is 5.26 Å². The first-order chi connectivity index (χ1) is 9.29. The molecule has 0 saturated carbocycles. The highest BCUT2D eigenvalue weighted by Gasteiger charge is 2.10. The molecule has 0 unspecified atom stereocenters. The van der Waals surface area contributed by atoms with E-state index in [1.54, 1.807) is 18.2 Å². The second-order valence-corrected chi connectivity index (χ2v) is 4.13. The third-order valence-corrected chi connectivity index (χ3v) is 2.99. The Kier molecular flexibility index (Phi) is 2.62. The third-order valence-electron chi connectivity index (χ3n) is 2.99. The number of nitrogens with zero attached hydrogens (tertiary/aromatic N) is 1. The lowest BCUT2D eigenvalue weighted by atomic mass is 9.98. The zero-order valence-corrected chi connectivity index (χ0v) is 9.96. The van der Waals surface area contributed by atoms with Crippen molar-refractivity contribution in [3.63, 3.8) is 0 Å². The minimum atomic E-state index is -0.415. The molecule has 3 nitrogen and oxygen atoms in total. The van der Waals surface area contributed by atoms with E-state index in [-0.39, 0.29) is 0 Å². The molecule has 0 spiro atoms. The lowest BCUT2D eigenvalue weighted by Gasteiger charge is -2.06. The maximum Gasteiger partial charge on any atom is 0.336 e. The topological polar surface area (TPSA) is 54.0 Å². The molecule has 0 saturated heterocycles. The van der Waals surface area contributed by atoms with Crippen molar-refractivity contribution in [2.24, 2.45) is 0 Å². The number of nitriles is 1. The molecule has 1 aromatic heterocycles. The van der Waals surface area contributed by atoms with Crippen molar-refractivity contribution < 1.29 is 4.42 Å². The van der Waals surface area contributed by atoms with Crippen LogP contribution >= 0.6 is 0 Å². The van der Waals surface area contributed by atoms with E-state index in [1.165, 1.54) is 6.07 Å². The molecule has 0 amide bonds. The largest absolute Gasteiger partial charge is 0.423 e. The molecule has 0 N–H and O–H groups in total. The van der Waals surface area contributed by atoms with Gasteiger partial charge in [0, 0.05) is 22.6 Å². The quantitative estimate of drug-likeness (QED) is 0.620. The Balaban J connectivity index is 2.43. The molecule has 0 radical (unpaired) electrons. The van der Waals surface area contributed by atoms with Gasteiger partial charge in [-0.05, 0) is 12.1 Å². The van der Waals surface area contributed by atoms with Gasteiger partial charge < -0.3 is 4.42 Å². The van der Waals surface area contributed by atoms with E-state index in [2.05, 4.69) is 6.07 Å². The van der Waals surface area contributed by atoms with Gasteiger partial charge in [-0.15, -0.1) is 0 Å². The first kappa shape index (κ1) is 11.2. The molecule has 90 valence electrons. The first-order valence-corrected chi connectivity index (χ1v) is 5.82. The molecule has 0 aliphatic rings. The summed E-state index contributed by atoms with van der Waals surface area (Å²) in [5.41, 5.74) is 2.12. The maximum atomic E-state index is 11.6. The number of benzene rings is 2. The van der Waals surface area contributed by atoms with Crippen LogP contribution in [0.25, 0.3) is 22.1 Å². The molecular weight excluding hydrogens is 238 g/mol. The standard InChI is InChI=1S/C16H9NO2/c17-10-11-5-1-2-6-12(11)14-9-16(18)19-15-8-4-3-7-13(14)15/h1-9H. The molecule has 0 fully saturated rings. The Morgan fingerprint density at radius 3 is 2.53 bits per heavy atom. The molecule has 19 heavy (non-hydrogen) atoms. The van der Waals surface area contributed by atoms with Crippen LogP contribution in [0.2, 0.25) is 0 Å². The summed E-state index contributed by atoms with van der Waals surface area (Å²) in [5.74, 6) is 0. The zero-order chi connectivity index (χ0) is 13.2. The summed E-state index contributed by atoms with van der Waals surface area (Å²) >= 11 is 0. The van der Waals surface area contributed by atoms with E-state index in [0.29, 0.717) is 11.1 Å². The Hall–Kier alpha value is -2.86. The van der Waals surface area contributed by atoms with Gasteiger partial charge >= 0.3 is 5.63 Å². The minimum absolute atomic E-state index is 0.415. The number of hydrogen-bond acceptors (Lipinski definition) is 3. The van der Waals surface area contributed by atoms with Crippen LogP contribution in [0, 0.1) is 11.3 Å². The van der Waals surface area contributed by atoms with Gasteiger partial charge in [0.2, 0.25) is 0 Å². The van der Waals surface area contributed by atoms with Crippen LogP contribution in [-0.4, -0.2) is 0 Å². The zero-order valence-electron chi connectivity index (χ0n) is 9.96. The van der Waals surface area contributed by atoms with Crippen molar-refractivity contribution >= 4 is 11.0 Å². The van der Waals surface area contributed by atoms with Gasteiger partial charge in [-0.1, -0.05) is 36.4 Å². The Bertz CT molecular complexity index is 856. The van der Waals surface area contributed by atoms with Crippen molar-refractivity contribution in [2.45, 2.75) is 0 Å². The van der Waals surface area contributed by atoms with E-state index >= 15 is 0 Å². The molecule has 0 bridgehead atoms. The second kappa shape index (κ2) is 4.43. The average Bonchev–Trinajstić information content (AvgIpc) is 2.46. The second-order valence-electron chi connectivity index (χ2n) is 4.13. The SMILES string of the molecule is N#Cc1ccccc1-c1cc(=O)oc2ccccc12. The summed E-state index contributed by atoms with van der Waals surface area (Å²) in [5, 5.41) is 9.99. The number of para-hydroxylation sites is 1. The number of hydrogen-bond donors (Lipinski definition) is 0. The van der Waals surface area contributed by atoms with Crippen molar-refractivity contribution in [2.75, 3.05) is 0 Å². The first-order valence-electron chi connectivity index (χ1n) is 5.82. The highest BCUT2D eigenvalue weighted by atomic mass is 16.4. The van der Waals surface area contributed by atoms with E-state index in [1.807, 2.05) is 30.3 Å². The molecule has 2 aromatic carbocycles. The Morgan fingerprint density at radius 1 is 0.947 bits per heavy atom. The smallest absolute Gasteiger partial charge is 0.336 e. The van der Waals surface area contributed by atoms with E-state index < -0.39 is 5.63 Å². The Morgan fingerprint density at radius 2 is 1.68 bits per heavy atom. The molecule has 0 aliphatic heterocycles. The lowest BCUT2D eigenvalue weighted by molar-refractivity contribution is 0.561. The fourth-order valence-corrected chi connectivity index (χ4v) is 2.15. The van der Waals surface area contributed by atoms with Crippen molar-refractivity contribution in [1.82, 2.24) is 0 Å². The van der Waals surface area contributed by atoms with E-state index in [9.17, 15) is 4.79 Å². The summed E-state index contributed by atoms with van der Waals surface area (Å²) in [6.45, 7) is 0. The Labute approximate surface area is 109 Å². The average molecular weight is 247 g/mol. The van der Waals surface area contributed by atoms with Crippen LogP contribution in [0.3, 0.4) is 0 Å². The molecular formula is C16H9NO2. The molecule has 1 heterocycles. The van der Waals surface area contributed by atoms with Crippen LogP contribution in [0.5, 0.6) is 0 Å². The summed E-state index contributed by atoms with van der Waals surface area (Å²) in [6, 6.07) is 18.1. The molecule has 3 heteroatoms. The molecule has 3 aromatic rings. The third kappa shape index (κ3) is 1.90. The molecule has 3 rings (SSSR count). The van der Waals surface area contributed by atoms with Crippen LogP contribution in [0.4, 0.5) is 0 Å². The van der Waals surface area contributed by atoms with Gasteiger partial charge in [0.05, 0.1) is 11.6 Å². The van der Waals surface area contributed by atoms with Crippen LogP contribution in [-0.2, 0) is 0 Å². The van der Waals surface area contributed by atoms with Gasteiger partial charge in [-0.25, -0.2) is 4.79 Å². The van der Waals surface area contributed by atoms with Crippen molar-refractivity contribution in [3.8, 4) is 17.2 Å². The summed E-state index contributed by atoms with van der Waals surface area (Å²) in [4.78, 5) is 11.6. The number of rotatable bonds is 1. The monoisotopic (exact) mass is 247 g/mol.